The lowest BCUT2D eigenvalue weighted by Crippen LogP contribution is -2.49. The number of benzene rings is 1. The normalized spacial score (nSPS) is 14.8. The molecule has 1 aliphatic heterocycles. The van der Waals surface area contributed by atoms with Crippen molar-refractivity contribution in [1.82, 2.24) is 19.9 Å². The Morgan fingerprint density at radius 1 is 1.04 bits per heavy atom. The molecule has 3 aromatic rings. The number of fused-ring (bicyclic) bond motifs is 1. The van der Waals surface area contributed by atoms with Crippen LogP contribution in [0.4, 0.5) is 10.2 Å². The van der Waals surface area contributed by atoms with E-state index in [2.05, 4.69) is 19.9 Å². The summed E-state index contributed by atoms with van der Waals surface area (Å²) in [4.78, 5) is 29.1. The molecule has 1 saturated heterocycles. The van der Waals surface area contributed by atoms with Crippen molar-refractivity contribution < 1.29 is 9.18 Å². The molecule has 3 heterocycles. The molecule has 0 unspecified atom stereocenters. The van der Waals surface area contributed by atoms with Crippen LogP contribution in [0, 0.1) is 5.82 Å². The van der Waals surface area contributed by atoms with Crippen LogP contribution in [0.1, 0.15) is 10.5 Å². The van der Waals surface area contributed by atoms with Gasteiger partial charge in [-0.3, -0.25) is 9.78 Å². The summed E-state index contributed by atoms with van der Waals surface area (Å²) in [6.45, 7) is 2.47. The molecule has 1 amide bonds. The molecule has 25 heavy (non-hydrogen) atoms. The minimum absolute atomic E-state index is 0.177. The molecule has 0 saturated carbocycles. The summed E-state index contributed by atoms with van der Waals surface area (Å²) in [5.74, 6) is 0.212. The highest BCUT2D eigenvalue weighted by molar-refractivity contribution is 5.95. The van der Waals surface area contributed by atoms with Crippen molar-refractivity contribution in [1.29, 1.82) is 0 Å². The molecule has 6 nitrogen and oxygen atoms in total. The third-order valence-electron chi connectivity index (χ3n) is 4.33. The predicted octanol–water partition coefficient (Wildman–Crippen LogP) is 2.13. The Labute approximate surface area is 143 Å². The molecule has 1 aromatic carbocycles. The monoisotopic (exact) mass is 337 g/mol. The Balaban J connectivity index is 1.50. The number of aromatic nitrogens is 3. The fourth-order valence-electron chi connectivity index (χ4n) is 2.99. The van der Waals surface area contributed by atoms with Crippen molar-refractivity contribution >= 4 is 22.6 Å². The number of carbonyl (C=O) groups excluding carboxylic acids is 1. The maximum Gasteiger partial charge on any atom is 0.272 e. The van der Waals surface area contributed by atoms with Gasteiger partial charge in [-0.1, -0.05) is 18.2 Å². The summed E-state index contributed by atoms with van der Waals surface area (Å²) in [6.07, 6.45) is 5.00. The first-order valence-electron chi connectivity index (χ1n) is 8.08. The summed E-state index contributed by atoms with van der Waals surface area (Å²) in [5, 5.41) is 0.684. The zero-order chi connectivity index (χ0) is 17.2. The van der Waals surface area contributed by atoms with E-state index < -0.39 is 5.82 Å². The number of anilines is 1. The van der Waals surface area contributed by atoms with Crippen LogP contribution in [-0.4, -0.2) is 51.9 Å². The zero-order valence-corrected chi connectivity index (χ0v) is 13.5. The van der Waals surface area contributed by atoms with Gasteiger partial charge in [0.2, 0.25) is 0 Å². The lowest BCUT2D eigenvalue weighted by molar-refractivity contribution is 0.0741. The number of para-hydroxylation sites is 1. The molecule has 2 aromatic heterocycles. The minimum atomic E-state index is -0.417. The van der Waals surface area contributed by atoms with Crippen molar-refractivity contribution in [3.63, 3.8) is 0 Å². The van der Waals surface area contributed by atoms with Crippen LogP contribution in [0.5, 0.6) is 0 Å². The SMILES string of the molecule is O=C(c1ccc2cccc(F)c2n1)N1CCN(c2cnccn2)CC1. The third-order valence-corrected chi connectivity index (χ3v) is 4.33. The number of nitrogens with zero attached hydrogens (tertiary/aromatic N) is 5. The van der Waals surface area contributed by atoms with Gasteiger partial charge in [-0.05, 0) is 12.1 Å². The number of carbonyl (C=O) groups is 1. The van der Waals surface area contributed by atoms with Gasteiger partial charge in [-0.15, -0.1) is 0 Å². The number of rotatable bonds is 2. The fraction of sp³-hybridized carbons (Fsp3) is 0.222. The van der Waals surface area contributed by atoms with Crippen LogP contribution in [-0.2, 0) is 0 Å². The summed E-state index contributed by atoms with van der Waals surface area (Å²) in [7, 11) is 0. The Kier molecular flexibility index (Phi) is 3.97. The molecule has 0 atom stereocenters. The van der Waals surface area contributed by atoms with Gasteiger partial charge in [0.05, 0.1) is 6.20 Å². The molecule has 126 valence electrons. The van der Waals surface area contributed by atoms with Crippen LogP contribution in [0.3, 0.4) is 0 Å². The molecule has 0 aliphatic carbocycles. The van der Waals surface area contributed by atoms with Crippen molar-refractivity contribution in [2.24, 2.45) is 0 Å². The number of piperazine rings is 1. The van der Waals surface area contributed by atoms with Gasteiger partial charge in [0.15, 0.2) is 0 Å². The third kappa shape index (κ3) is 3.00. The maximum atomic E-state index is 13.9. The Bertz CT molecular complexity index is 910. The second kappa shape index (κ2) is 6.43. The number of hydrogen-bond donors (Lipinski definition) is 0. The van der Waals surface area contributed by atoms with E-state index >= 15 is 0 Å². The van der Waals surface area contributed by atoms with Crippen molar-refractivity contribution in [3.8, 4) is 0 Å². The first-order valence-corrected chi connectivity index (χ1v) is 8.08. The van der Waals surface area contributed by atoms with Gasteiger partial charge in [0.1, 0.15) is 22.8 Å². The molecule has 4 rings (SSSR count). The lowest BCUT2D eigenvalue weighted by atomic mass is 10.2. The lowest BCUT2D eigenvalue weighted by Gasteiger charge is -2.35. The zero-order valence-electron chi connectivity index (χ0n) is 13.5. The molecule has 1 fully saturated rings. The topological polar surface area (TPSA) is 62.2 Å². The molecule has 0 radical (unpaired) electrons. The second-order valence-electron chi connectivity index (χ2n) is 5.85. The second-order valence-corrected chi connectivity index (χ2v) is 5.85. The van der Waals surface area contributed by atoms with Crippen LogP contribution < -0.4 is 4.90 Å². The number of halogens is 1. The first-order chi connectivity index (χ1) is 12.2. The number of pyridine rings is 1. The van der Waals surface area contributed by atoms with Crippen molar-refractivity contribution in [3.05, 3.63) is 60.4 Å². The van der Waals surface area contributed by atoms with E-state index in [0.717, 1.165) is 5.82 Å². The quantitative estimate of drug-likeness (QED) is 0.717. The Hall–Kier alpha value is -3.09. The van der Waals surface area contributed by atoms with E-state index in [0.29, 0.717) is 31.6 Å². The maximum absolute atomic E-state index is 13.9. The summed E-state index contributed by atoms with van der Waals surface area (Å²) in [6, 6.07) is 8.14. The summed E-state index contributed by atoms with van der Waals surface area (Å²) >= 11 is 0. The van der Waals surface area contributed by atoms with E-state index in [4.69, 9.17) is 0 Å². The molecule has 1 aliphatic rings. The highest BCUT2D eigenvalue weighted by atomic mass is 19.1. The van der Waals surface area contributed by atoms with E-state index in [-0.39, 0.29) is 17.1 Å². The summed E-state index contributed by atoms with van der Waals surface area (Å²) < 4.78 is 13.9. The number of amides is 1. The molecule has 0 bridgehead atoms. The van der Waals surface area contributed by atoms with Crippen molar-refractivity contribution in [2.45, 2.75) is 0 Å². The Morgan fingerprint density at radius 2 is 1.88 bits per heavy atom. The number of hydrogen-bond acceptors (Lipinski definition) is 5. The van der Waals surface area contributed by atoms with E-state index in [9.17, 15) is 9.18 Å². The smallest absolute Gasteiger partial charge is 0.272 e. The van der Waals surface area contributed by atoms with Gasteiger partial charge in [0, 0.05) is 44.0 Å². The van der Waals surface area contributed by atoms with Crippen LogP contribution >= 0.6 is 0 Å². The minimum Gasteiger partial charge on any atom is -0.352 e. The largest absolute Gasteiger partial charge is 0.352 e. The molecular weight excluding hydrogens is 321 g/mol. The van der Waals surface area contributed by atoms with E-state index in [1.54, 1.807) is 47.8 Å². The highest BCUT2D eigenvalue weighted by Crippen LogP contribution is 2.18. The molecule has 0 N–H and O–H groups in total. The molecule has 7 heteroatoms. The first kappa shape index (κ1) is 15.4. The van der Waals surface area contributed by atoms with Crippen molar-refractivity contribution in [2.75, 3.05) is 31.1 Å². The van der Waals surface area contributed by atoms with Crippen LogP contribution in [0.15, 0.2) is 48.9 Å². The predicted molar refractivity (Wildman–Crippen MR) is 91.8 cm³/mol. The van der Waals surface area contributed by atoms with E-state index in [1.165, 1.54) is 6.07 Å². The standard InChI is InChI=1S/C18H16FN5O/c19-14-3-1-2-13-4-5-15(22-17(13)14)18(25)24-10-8-23(9-11-24)16-12-20-6-7-21-16/h1-7,12H,8-11H2. The van der Waals surface area contributed by atoms with Crippen LogP contribution in [0.25, 0.3) is 10.9 Å². The molecule has 0 spiro atoms. The van der Waals surface area contributed by atoms with Gasteiger partial charge in [0.25, 0.3) is 5.91 Å². The fourth-order valence-corrected chi connectivity index (χ4v) is 2.99. The van der Waals surface area contributed by atoms with Gasteiger partial charge >= 0.3 is 0 Å². The van der Waals surface area contributed by atoms with Gasteiger partial charge in [-0.25, -0.2) is 14.4 Å². The van der Waals surface area contributed by atoms with Gasteiger partial charge in [-0.2, -0.15) is 0 Å². The summed E-state index contributed by atoms with van der Waals surface area (Å²) in [5.41, 5.74) is 0.497. The average molecular weight is 337 g/mol. The molecular formula is C18H16FN5O. The van der Waals surface area contributed by atoms with Crippen LogP contribution in [0.2, 0.25) is 0 Å². The Morgan fingerprint density at radius 3 is 2.64 bits per heavy atom. The van der Waals surface area contributed by atoms with Gasteiger partial charge < -0.3 is 9.80 Å². The average Bonchev–Trinajstić information content (AvgIpc) is 2.68. The van der Waals surface area contributed by atoms with E-state index in [1.807, 2.05) is 0 Å². The highest BCUT2D eigenvalue weighted by Gasteiger charge is 2.24.